The van der Waals surface area contributed by atoms with Gasteiger partial charge in [0.15, 0.2) is 0 Å². The van der Waals surface area contributed by atoms with Crippen LogP contribution in [0.4, 0.5) is 5.69 Å². The summed E-state index contributed by atoms with van der Waals surface area (Å²) in [7, 11) is -1.85. The zero-order chi connectivity index (χ0) is 14.4. The first kappa shape index (κ1) is 16.9. The Hall–Kier alpha value is -1.08. The molecule has 0 aromatic heterocycles. The average molecular weight is 255 g/mol. The van der Waals surface area contributed by atoms with Crippen LogP contribution in [0.1, 0.15) is 27.7 Å². The molecular formula is C12H22BNO4. The molecule has 1 rings (SSSR count). The fourth-order valence-corrected chi connectivity index (χ4v) is 0.861. The van der Waals surface area contributed by atoms with Crippen LogP contribution in [0, 0.1) is 0 Å². The van der Waals surface area contributed by atoms with E-state index >= 15 is 0 Å². The van der Waals surface area contributed by atoms with Crippen LogP contribution in [0.5, 0.6) is 0 Å². The summed E-state index contributed by atoms with van der Waals surface area (Å²) in [6.45, 7) is 6.23. The number of rotatable bonds is 3. The molecule has 0 atom stereocenters. The third-order valence-electron chi connectivity index (χ3n) is 2.67. The van der Waals surface area contributed by atoms with E-state index in [0.29, 0.717) is 0 Å². The molecule has 0 saturated heterocycles. The molecule has 0 spiro atoms. The lowest BCUT2D eigenvalue weighted by Gasteiger charge is -2.37. The smallest absolute Gasteiger partial charge is 0.402 e. The SMILES string of the molecule is CC(C)(O)C(C)(C)OB(O)O.Nc1ccccc1. The zero-order valence-electron chi connectivity index (χ0n) is 11.3. The molecule has 1 aromatic rings. The van der Waals surface area contributed by atoms with Gasteiger partial charge < -0.3 is 25.5 Å². The van der Waals surface area contributed by atoms with Crippen molar-refractivity contribution in [2.45, 2.75) is 38.9 Å². The molecule has 5 nitrogen and oxygen atoms in total. The number of para-hydroxylation sites is 1. The van der Waals surface area contributed by atoms with Gasteiger partial charge >= 0.3 is 7.32 Å². The van der Waals surface area contributed by atoms with Crippen molar-refractivity contribution in [2.75, 3.05) is 5.73 Å². The molecule has 1 aromatic carbocycles. The van der Waals surface area contributed by atoms with E-state index in [1.807, 2.05) is 30.3 Å². The van der Waals surface area contributed by atoms with Gasteiger partial charge in [-0.05, 0) is 39.8 Å². The van der Waals surface area contributed by atoms with Crippen molar-refractivity contribution in [3.8, 4) is 0 Å². The zero-order valence-corrected chi connectivity index (χ0v) is 11.3. The Labute approximate surface area is 108 Å². The van der Waals surface area contributed by atoms with E-state index in [0.717, 1.165) is 5.69 Å². The maximum absolute atomic E-state index is 9.45. The molecule has 0 aliphatic heterocycles. The van der Waals surface area contributed by atoms with Crippen molar-refractivity contribution >= 4 is 13.0 Å². The van der Waals surface area contributed by atoms with Crippen LogP contribution in [0.3, 0.4) is 0 Å². The predicted molar refractivity (Wildman–Crippen MR) is 72.5 cm³/mol. The largest absolute Gasteiger partial charge is 0.634 e. The number of hydrogen-bond donors (Lipinski definition) is 4. The monoisotopic (exact) mass is 255 g/mol. The summed E-state index contributed by atoms with van der Waals surface area (Å²) in [6.07, 6.45) is 0. The molecule has 6 heteroatoms. The van der Waals surface area contributed by atoms with Gasteiger partial charge in [0.25, 0.3) is 0 Å². The van der Waals surface area contributed by atoms with Crippen LogP contribution < -0.4 is 5.73 Å². The molecule has 102 valence electrons. The topological polar surface area (TPSA) is 95.9 Å². The lowest BCUT2D eigenvalue weighted by atomic mass is 9.88. The number of nitrogens with two attached hydrogens (primary N) is 1. The minimum absolute atomic E-state index is 0.822. The van der Waals surface area contributed by atoms with Crippen molar-refractivity contribution in [1.29, 1.82) is 0 Å². The molecule has 0 unspecified atom stereocenters. The molecule has 0 aliphatic rings. The maximum Gasteiger partial charge on any atom is 0.634 e. The maximum atomic E-state index is 9.45. The second-order valence-electron chi connectivity index (χ2n) is 4.92. The van der Waals surface area contributed by atoms with Gasteiger partial charge in [-0.2, -0.15) is 0 Å². The van der Waals surface area contributed by atoms with Crippen molar-refractivity contribution in [1.82, 2.24) is 0 Å². The van der Waals surface area contributed by atoms with Crippen LogP contribution in [0.25, 0.3) is 0 Å². The lowest BCUT2D eigenvalue weighted by molar-refractivity contribution is -0.109. The first-order valence-corrected chi connectivity index (χ1v) is 5.63. The Morgan fingerprint density at radius 2 is 1.50 bits per heavy atom. The molecule has 0 amide bonds. The van der Waals surface area contributed by atoms with Crippen molar-refractivity contribution in [2.24, 2.45) is 0 Å². The Bertz CT molecular complexity index is 336. The van der Waals surface area contributed by atoms with Crippen LogP contribution in [-0.2, 0) is 4.65 Å². The van der Waals surface area contributed by atoms with Crippen molar-refractivity contribution in [3.05, 3.63) is 30.3 Å². The summed E-state index contributed by atoms with van der Waals surface area (Å²) in [4.78, 5) is 0. The first-order valence-electron chi connectivity index (χ1n) is 5.63. The van der Waals surface area contributed by atoms with Gasteiger partial charge in [-0.15, -0.1) is 0 Å². The molecule has 0 saturated carbocycles. The Balaban J connectivity index is 0.000000351. The van der Waals surface area contributed by atoms with Crippen LogP contribution in [-0.4, -0.2) is 33.7 Å². The summed E-state index contributed by atoms with van der Waals surface area (Å²) < 4.78 is 4.66. The number of anilines is 1. The molecule has 0 bridgehead atoms. The second kappa shape index (κ2) is 6.75. The quantitative estimate of drug-likeness (QED) is 0.473. The van der Waals surface area contributed by atoms with E-state index in [4.69, 9.17) is 15.8 Å². The summed E-state index contributed by atoms with van der Waals surface area (Å²) in [5.41, 5.74) is 4.08. The van der Waals surface area contributed by atoms with E-state index in [9.17, 15) is 5.11 Å². The van der Waals surface area contributed by atoms with Crippen molar-refractivity contribution in [3.63, 3.8) is 0 Å². The van der Waals surface area contributed by atoms with Gasteiger partial charge in [-0.3, -0.25) is 0 Å². The molecule has 0 aliphatic carbocycles. The highest BCUT2D eigenvalue weighted by atomic mass is 16.6. The fourth-order valence-electron chi connectivity index (χ4n) is 0.861. The highest BCUT2D eigenvalue weighted by Gasteiger charge is 2.38. The number of hydrogen-bond acceptors (Lipinski definition) is 5. The van der Waals surface area contributed by atoms with Gasteiger partial charge in [0, 0.05) is 5.69 Å². The van der Waals surface area contributed by atoms with E-state index < -0.39 is 18.5 Å². The highest BCUT2D eigenvalue weighted by molar-refractivity contribution is 6.32. The van der Waals surface area contributed by atoms with Crippen LogP contribution >= 0.6 is 0 Å². The highest BCUT2D eigenvalue weighted by Crippen LogP contribution is 2.24. The van der Waals surface area contributed by atoms with Crippen molar-refractivity contribution < 1.29 is 19.8 Å². The summed E-state index contributed by atoms with van der Waals surface area (Å²) >= 11 is 0. The Kier molecular flexibility index (Phi) is 6.35. The number of nitrogen functional groups attached to an aromatic ring is 1. The molecule has 0 heterocycles. The average Bonchev–Trinajstić information content (AvgIpc) is 2.15. The molecule has 0 radical (unpaired) electrons. The Morgan fingerprint density at radius 3 is 1.67 bits per heavy atom. The van der Waals surface area contributed by atoms with Gasteiger partial charge in [0.2, 0.25) is 0 Å². The Morgan fingerprint density at radius 1 is 1.06 bits per heavy atom. The summed E-state index contributed by atoms with van der Waals surface area (Å²) in [6, 6.07) is 9.49. The number of aliphatic hydroxyl groups is 1. The molecule has 18 heavy (non-hydrogen) atoms. The molecule has 0 fully saturated rings. The van der Waals surface area contributed by atoms with Crippen LogP contribution in [0.15, 0.2) is 30.3 Å². The first-order chi connectivity index (χ1) is 8.06. The third-order valence-corrected chi connectivity index (χ3v) is 2.67. The van der Waals surface area contributed by atoms with Gasteiger partial charge in [-0.1, -0.05) is 18.2 Å². The lowest BCUT2D eigenvalue weighted by Crippen LogP contribution is -2.50. The minimum Gasteiger partial charge on any atom is -0.402 e. The van der Waals surface area contributed by atoms with E-state index in [2.05, 4.69) is 4.65 Å². The van der Waals surface area contributed by atoms with Crippen LogP contribution in [0.2, 0.25) is 0 Å². The number of benzene rings is 1. The standard InChI is InChI=1S/C6H15BO4.C6H7N/c1-5(2,8)6(3,4)11-7(9)10;7-6-4-2-1-3-5-6/h8-10H,1-4H3;1-5H,7H2. The van der Waals surface area contributed by atoms with E-state index in [-0.39, 0.29) is 0 Å². The molecular weight excluding hydrogens is 233 g/mol. The fraction of sp³-hybridized carbons (Fsp3) is 0.500. The predicted octanol–water partition coefficient (Wildman–Crippen LogP) is 0.791. The van der Waals surface area contributed by atoms with Gasteiger partial charge in [0.05, 0.1) is 11.2 Å². The minimum atomic E-state index is -1.85. The third kappa shape index (κ3) is 6.61. The summed E-state index contributed by atoms with van der Waals surface area (Å²) in [5, 5.41) is 26.4. The van der Waals surface area contributed by atoms with Gasteiger partial charge in [-0.25, -0.2) is 0 Å². The second-order valence-corrected chi connectivity index (χ2v) is 4.92. The van der Waals surface area contributed by atoms with E-state index in [1.165, 1.54) is 13.8 Å². The summed E-state index contributed by atoms with van der Waals surface area (Å²) in [5.74, 6) is 0. The normalized spacial score (nSPS) is 11.5. The van der Waals surface area contributed by atoms with Gasteiger partial charge in [0.1, 0.15) is 0 Å². The molecule has 5 N–H and O–H groups in total. The van der Waals surface area contributed by atoms with E-state index in [1.54, 1.807) is 13.8 Å².